The average molecular weight is 462 g/mol. The van der Waals surface area contributed by atoms with E-state index in [9.17, 15) is 4.79 Å². The largest absolute Gasteiger partial charge is 0.497 e. The molecular weight excluding hydrogens is 438 g/mol. The van der Waals surface area contributed by atoms with Gasteiger partial charge in [0.1, 0.15) is 11.5 Å². The molecular formula is C22H24ClN3O4S. The number of anilines is 1. The minimum atomic E-state index is -0.144. The first kappa shape index (κ1) is 21.8. The van der Waals surface area contributed by atoms with Crippen molar-refractivity contribution in [3.63, 3.8) is 0 Å². The third-order valence-corrected chi connectivity index (χ3v) is 6.31. The molecule has 0 spiro atoms. The van der Waals surface area contributed by atoms with Gasteiger partial charge in [0.15, 0.2) is 11.7 Å². The Morgan fingerprint density at radius 3 is 2.68 bits per heavy atom. The summed E-state index contributed by atoms with van der Waals surface area (Å²) in [4.78, 5) is 21.8. The van der Waals surface area contributed by atoms with E-state index in [0.29, 0.717) is 35.7 Å². The highest BCUT2D eigenvalue weighted by Crippen LogP contribution is 2.31. The normalized spacial score (nSPS) is 14.5. The number of methoxy groups -OCH3 is 1. The zero-order chi connectivity index (χ0) is 21.6. The van der Waals surface area contributed by atoms with Gasteiger partial charge in [-0.05, 0) is 42.5 Å². The van der Waals surface area contributed by atoms with E-state index in [1.807, 2.05) is 12.1 Å². The fourth-order valence-electron chi connectivity index (χ4n) is 3.29. The highest BCUT2D eigenvalue weighted by atomic mass is 35.5. The lowest BCUT2D eigenvalue weighted by Crippen LogP contribution is -2.44. The van der Waals surface area contributed by atoms with Crippen molar-refractivity contribution in [2.24, 2.45) is 0 Å². The smallest absolute Gasteiger partial charge is 0.266 e. The van der Waals surface area contributed by atoms with Gasteiger partial charge in [-0.15, -0.1) is 0 Å². The van der Waals surface area contributed by atoms with Crippen molar-refractivity contribution in [1.82, 2.24) is 9.88 Å². The second-order valence-electron chi connectivity index (χ2n) is 7.07. The minimum absolute atomic E-state index is 0.0773. The molecule has 31 heavy (non-hydrogen) atoms. The zero-order valence-electron chi connectivity index (χ0n) is 17.3. The van der Waals surface area contributed by atoms with Crippen LogP contribution in [0.2, 0.25) is 5.02 Å². The molecule has 2 heterocycles. The van der Waals surface area contributed by atoms with E-state index in [0.717, 1.165) is 35.6 Å². The molecule has 0 unspecified atom stereocenters. The molecule has 0 saturated carbocycles. The van der Waals surface area contributed by atoms with Gasteiger partial charge in [0, 0.05) is 31.2 Å². The second-order valence-corrected chi connectivity index (χ2v) is 8.52. The summed E-state index contributed by atoms with van der Waals surface area (Å²) in [6.07, 6.45) is 0. The highest BCUT2D eigenvalue weighted by Gasteiger charge is 2.22. The van der Waals surface area contributed by atoms with Crippen LogP contribution in [0.4, 0.5) is 5.13 Å². The number of carbonyl (C=O) groups is 1. The third kappa shape index (κ3) is 5.65. The molecule has 0 N–H and O–H groups in total. The van der Waals surface area contributed by atoms with Gasteiger partial charge in [0.05, 0.1) is 30.5 Å². The highest BCUT2D eigenvalue weighted by molar-refractivity contribution is 7.22. The SMILES string of the molecule is COc1ccc(OCC(=O)N(CCN2CCOCC2)c2nc3ccc(Cl)cc3s2)cc1. The molecule has 9 heteroatoms. The summed E-state index contributed by atoms with van der Waals surface area (Å²) in [7, 11) is 1.61. The van der Waals surface area contributed by atoms with Crippen LogP contribution in [0.3, 0.4) is 0 Å². The Morgan fingerprint density at radius 1 is 1.19 bits per heavy atom. The van der Waals surface area contributed by atoms with E-state index >= 15 is 0 Å². The molecule has 0 bridgehead atoms. The molecule has 2 aromatic carbocycles. The number of thiazole rings is 1. The maximum Gasteiger partial charge on any atom is 0.266 e. The lowest BCUT2D eigenvalue weighted by atomic mass is 10.3. The number of hydrogen-bond donors (Lipinski definition) is 0. The molecule has 1 aliphatic rings. The van der Waals surface area contributed by atoms with Crippen molar-refractivity contribution in [1.29, 1.82) is 0 Å². The van der Waals surface area contributed by atoms with Crippen LogP contribution in [0.25, 0.3) is 10.2 Å². The van der Waals surface area contributed by atoms with Crippen LogP contribution < -0.4 is 14.4 Å². The number of ether oxygens (including phenoxy) is 3. The van der Waals surface area contributed by atoms with Gasteiger partial charge >= 0.3 is 0 Å². The van der Waals surface area contributed by atoms with Gasteiger partial charge in [-0.1, -0.05) is 22.9 Å². The van der Waals surface area contributed by atoms with Gasteiger partial charge in [-0.3, -0.25) is 14.6 Å². The van der Waals surface area contributed by atoms with Crippen LogP contribution >= 0.6 is 22.9 Å². The Kier molecular flexibility index (Phi) is 7.24. The van der Waals surface area contributed by atoms with E-state index < -0.39 is 0 Å². The van der Waals surface area contributed by atoms with Crippen molar-refractivity contribution >= 4 is 44.2 Å². The zero-order valence-corrected chi connectivity index (χ0v) is 18.8. The van der Waals surface area contributed by atoms with Gasteiger partial charge in [-0.2, -0.15) is 0 Å². The van der Waals surface area contributed by atoms with E-state index in [1.165, 1.54) is 11.3 Å². The van der Waals surface area contributed by atoms with Gasteiger partial charge < -0.3 is 14.2 Å². The van der Waals surface area contributed by atoms with Crippen molar-refractivity contribution in [2.75, 3.05) is 58.0 Å². The standard InChI is InChI=1S/C22H24ClN3O4S/c1-28-17-3-5-18(6-4-17)30-15-21(27)26(9-8-25-10-12-29-13-11-25)22-24-19-7-2-16(23)14-20(19)31-22/h2-7,14H,8-13,15H2,1H3. The van der Waals surface area contributed by atoms with Crippen molar-refractivity contribution in [3.05, 3.63) is 47.5 Å². The summed E-state index contributed by atoms with van der Waals surface area (Å²) in [6, 6.07) is 12.7. The fourth-order valence-corrected chi connectivity index (χ4v) is 4.57. The Labute approximate surface area is 190 Å². The molecule has 3 aromatic rings. The van der Waals surface area contributed by atoms with Crippen LogP contribution in [0, 0.1) is 0 Å². The number of nitrogens with zero attached hydrogens (tertiary/aromatic N) is 3. The van der Waals surface area contributed by atoms with Crippen LogP contribution in [0.1, 0.15) is 0 Å². The number of rotatable bonds is 8. The molecule has 164 valence electrons. The summed E-state index contributed by atoms with van der Waals surface area (Å²) >= 11 is 7.58. The second kappa shape index (κ2) is 10.3. The Hall–Kier alpha value is -2.39. The van der Waals surface area contributed by atoms with E-state index in [-0.39, 0.29) is 12.5 Å². The number of morpholine rings is 1. The summed E-state index contributed by atoms with van der Waals surface area (Å²) in [5.74, 6) is 1.20. The van der Waals surface area contributed by atoms with Gasteiger partial charge in [0.2, 0.25) is 0 Å². The Morgan fingerprint density at radius 2 is 1.94 bits per heavy atom. The monoisotopic (exact) mass is 461 g/mol. The third-order valence-electron chi connectivity index (χ3n) is 5.04. The lowest BCUT2D eigenvalue weighted by molar-refractivity contribution is -0.120. The maximum absolute atomic E-state index is 13.1. The predicted octanol–water partition coefficient (Wildman–Crippen LogP) is 3.70. The fraction of sp³-hybridized carbons (Fsp3) is 0.364. The predicted molar refractivity (Wildman–Crippen MR) is 123 cm³/mol. The number of benzene rings is 2. The van der Waals surface area contributed by atoms with Crippen LogP contribution in [-0.2, 0) is 9.53 Å². The van der Waals surface area contributed by atoms with E-state index in [2.05, 4.69) is 9.88 Å². The summed E-state index contributed by atoms with van der Waals surface area (Å²) in [5, 5.41) is 1.30. The maximum atomic E-state index is 13.1. The van der Waals surface area contributed by atoms with Crippen LogP contribution in [0.15, 0.2) is 42.5 Å². The number of amides is 1. The summed E-state index contributed by atoms with van der Waals surface area (Å²) in [5.41, 5.74) is 0.824. The van der Waals surface area contributed by atoms with E-state index in [1.54, 1.807) is 42.3 Å². The number of aromatic nitrogens is 1. The average Bonchev–Trinajstić information content (AvgIpc) is 3.21. The topological polar surface area (TPSA) is 64.1 Å². The van der Waals surface area contributed by atoms with Crippen molar-refractivity contribution < 1.29 is 19.0 Å². The number of fused-ring (bicyclic) bond motifs is 1. The van der Waals surface area contributed by atoms with Gasteiger partial charge in [0.25, 0.3) is 5.91 Å². The quantitative estimate of drug-likeness (QED) is 0.509. The minimum Gasteiger partial charge on any atom is -0.497 e. The molecule has 4 rings (SSSR count). The van der Waals surface area contributed by atoms with Gasteiger partial charge in [-0.25, -0.2) is 4.98 Å². The molecule has 1 saturated heterocycles. The van der Waals surface area contributed by atoms with E-state index in [4.69, 9.17) is 25.8 Å². The van der Waals surface area contributed by atoms with Crippen molar-refractivity contribution in [2.45, 2.75) is 0 Å². The number of halogens is 1. The molecule has 1 aliphatic heterocycles. The first-order valence-corrected chi connectivity index (χ1v) is 11.3. The first-order valence-electron chi connectivity index (χ1n) is 10.1. The van der Waals surface area contributed by atoms with Crippen molar-refractivity contribution in [3.8, 4) is 11.5 Å². The van der Waals surface area contributed by atoms with Crippen LogP contribution in [-0.4, -0.2) is 68.9 Å². The van der Waals surface area contributed by atoms with Crippen LogP contribution in [0.5, 0.6) is 11.5 Å². The molecule has 0 atom stereocenters. The molecule has 1 aromatic heterocycles. The molecule has 7 nitrogen and oxygen atoms in total. The Balaban J connectivity index is 1.48. The molecule has 1 fully saturated rings. The Bertz CT molecular complexity index is 1020. The summed E-state index contributed by atoms with van der Waals surface area (Å²) in [6.45, 7) is 4.35. The summed E-state index contributed by atoms with van der Waals surface area (Å²) < 4.78 is 17.3. The number of hydrogen-bond acceptors (Lipinski definition) is 7. The molecule has 1 amide bonds. The lowest BCUT2D eigenvalue weighted by Gasteiger charge is -2.29. The first-order chi connectivity index (χ1) is 15.1. The number of carbonyl (C=O) groups excluding carboxylic acids is 1. The molecule has 0 aliphatic carbocycles. The molecule has 0 radical (unpaired) electrons.